The second kappa shape index (κ2) is 13.0. The summed E-state index contributed by atoms with van der Waals surface area (Å²) in [6.07, 6.45) is 8.43. The number of nitrogens with one attached hydrogen (secondary N) is 2. The Morgan fingerprint density at radius 3 is 2.55 bits per heavy atom. The van der Waals surface area contributed by atoms with Gasteiger partial charge in [0, 0.05) is 6.04 Å². The Bertz CT molecular complexity index is 337. The minimum absolute atomic E-state index is 0. The Labute approximate surface area is 139 Å². The highest BCUT2D eigenvalue weighted by Crippen LogP contribution is 2.07. The normalized spacial score (nSPS) is 12.2. The minimum atomic E-state index is -0.227. The summed E-state index contributed by atoms with van der Waals surface area (Å²) < 4.78 is 0. The van der Waals surface area contributed by atoms with Gasteiger partial charge < -0.3 is 16.4 Å². The van der Waals surface area contributed by atoms with E-state index in [9.17, 15) is 4.79 Å². The van der Waals surface area contributed by atoms with Crippen LogP contribution in [-0.4, -0.2) is 31.0 Å². The van der Waals surface area contributed by atoms with Gasteiger partial charge in [-0.2, -0.15) is 0 Å². The third-order valence-corrected chi connectivity index (χ3v) is 2.59. The molecule has 6 heteroatoms. The summed E-state index contributed by atoms with van der Waals surface area (Å²) in [5.41, 5.74) is 5.70. The molecule has 1 unspecified atom stereocenters. The van der Waals surface area contributed by atoms with Crippen LogP contribution in [0.1, 0.15) is 40.0 Å². The van der Waals surface area contributed by atoms with Gasteiger partial charge in [-0.1, -0.05) is 32.6 Å². The number of terminal acetylenes is 1. The first kappa shape index (κ1) is 21.3. The van der Waals surface area contributed by atoms with Crippen LogP contribution >= 0.6 is 24.0 Å². The molecule has 1 amide bonds. The first-order valence-corrected chi connectivity index (χ1v) is 6.72. The van der Waals surface area contributed by atoms with Crippen molar-refractivity contribution in [1.82, 2.24) is 10.6 Å². The lowest BCUT2D eigenvalue weighted by Gasteiger charge is -2.14. The first-order chi connectivity index (χ1) is 8.95. The van der Waals surface area contributed by atoms with Crippen molar-refractivity contribution in [2.75, 3.05) is 13.1 Å². The second-order valence-corrected chi connectivity index (χ2v) is 5.05. The Morgan fingerprint density at radius 2 is 2.00 bits per heavy atom. The third kappa shape index (κ3) is 13.5. The average molecular weight is 394 g/mol. The summed E-state index contributed by atoms with van der Waals surface area (Å²) in [6, 6.07) is 0.260. The van der Waals surface area contributed by atoms with Crippen LogP contribution in [0.15, 0.2) is 4.99 Å². The van der Waals surface area contributed by atoms with Gasteiger partial charge in [0.2, 0.25) is 5.91 Å². The number of hydrogen-bond acceptors (Lipinski definition) is 2. The van der Waals surface area contributed by atoms with Gasteiger partial charge in [0.25, 0.3) is 0 Å². The van der Waals surface area contributed by atoms with E-state index in [2.05, 4.69) is 42.3 Å². The van der Waals surface area contributed by atoms with Gasteiger partial charge in [0.15, 0.2) is 5.96 Å². The minimum Gasteiger partial charge on any atom is -0.370 e. The predicted octanol–water partition coefficient (Wildman–Crippen LogP) is 1.47. The molecule has 0 aliphatic heterocycles. The molecule has 0 radical (unpaired) electrons. The Balaban J connectivity index is 0. The molecule has 0 saturated carbocycles. The van der Waals surface area contributed by atoms with Crippen LogP contribution in [0.25, 0.3) is 0 Å². The Kier molecular flexibility index (Phi) is 13.9. The van der Waals surface area contributed by atoms with Gasteiger partial charge >= 0.3 is 0 Å². The van der Waals surface area contributed by atoms with Crippen molar-refractivity contribution in [2.45, 2.75) is 46.1 Å². The molecule has 0 aromatic rings. The van der Waals surface area contributed by atoms with E-state index in [1.54, 1.807) is 0 Å². The molecule has 1 atom stereocenters. The lowest BCUT2D eigenvalue weighted by atomic mass is 10.0. The van der Waals surface area contributed by atoms with Crippen LogP contribution in [0.4, 0.5) is 0 Å². The van der Waals surface area contributed by atoms with Crippen LogP contribution < -0.4 is 16.4 Å². The highest BCUT2D eigenvalue weighted by atomic mass is 127. The molecule has 116 valence electrons. The van der Waals surface area contributed by atoms with Crippen molar-refractivity contribution in [3.05, 3.63) is 0 Å². The Morgan fingerprint density at radius 1 is 1.35 bits per heavy atom. The Hall–Kier alpha value is -0.970. The van der Waals surface area contributed by atoms with Gasteiger partial charge in [-0.05, 0) is 19.3 Å². The molecule has 0 bridgehead atoms. The van der Waals surface area contributed by atoms with Crippen molar-refractivity contribution >= 4 is 35.8 Å². The van der Waals surface area contributed by atoms with E-state index in [-0.39, 0.29) is 49.0 Å². The largest absolute Gasteiger partial charge is 0.370 e. The van der Waals surface area contributed by atoms with E-state index in [4.69, 9.17) is 12.2 Å². The monoisotopic (exact) mass is 394 g/mol. The molecule has 0 aliphatic carbocycles. The molecular weight excluding hydrogens is 367 g/mol. The second-order valence-electron chi connectivity index (χ2n) is 5.05. The van der Waals surface area contributed by atoms with Crippen LogP contribution in [0, 0.1) is 18.3 Å². The summed E-state index contributed by atoms with van der Waals surface area (Å²) in [5, 5.41) is 5.59. The number of nitrogens with two attached hydrogens (primary N) is 1. The molecular formula is C14H27IN4O. The lowest BCUT2D eigenvalue weighted by molar-refractivity contribution is -0.119. The molecule has 0 fully saturated rings. The zero-order valence-electron chi connectivity index (χ0n) is 12.6. The molecule has 0 aromatic carbocycles. The van der Waals surface area contributed by atoms with Crippen molar-refractivity contribution in [2.24, 2.45) is 16.6 Å². The molecule has 20 heavy (non-hydrogen) atoms. The maximum Gasteiger partial charge on any atom is 0.242 e. The molecule has 0 heterocycles. The van der Waals surface area contributed by atoms with Crippen molar-refractivity contribution < 1.29 is 4.79 Å². The number of hydrogen-bond donors (Lipinski definition) is 3. The SMILES string of the molecule is C#CCNC(=O)CN=C(N)NC(C)CCCC(C)C.I. The smallest absolute Gasteiger partial charge is 0.242 e. The molecule has 0 aromatic heterocycles. The third-order valence-electron chi connectivity index (χ3n) is 2.59. The fourth-order valence-corrected chi connectivity index (χ4v) is 1.57. The fourth-order valence-electron chi connectivity index (χ4n) is 1.57. The quantitative estimate of drug-likeness (QED) is 0.253. The number of aliphatic imine (C=N–C) groups is 1. The van der Waals surface area contributed by atoms with Gasteiger partial charge in [0.05, 0.1) is 6.54 Å². The van der Waals surface area contributed by atoms with Gasteiger partial charge in [-0.25, -0.2) is 4.99 Å². The predicted molar refractivity (Wildman–Crippen MR) is 95.0 cm³/mol. The number of carbonyl (C=O) groups is 1. The van der Waals surface area contributed by atoms with Crippen LogP contribution in [-0.2, 0) is 4.79 Å². The van der Waals surface area contributed by atoms with Gasteiger partial charge in [-0.3, -0.25) is 4.79 Å². The first-order valence-electron chi connectivity index (χ1n) is 6.72. The summed E-state index contributed by atoms with van der Waals surface area (Å²) in [7, 11) is 0. The number of guanidine groups is 1. The van der Waals surface area contributed by atoms with Crippen LogP contribution in [0.3, 0.4) is 0 Å². The van der Waals surface area contributed by atoms with Crippen LogP contribution in [0.2, 0.25) is 0 Å². The van der Waals surface area contributed by atoms with E-state index in [0.717, 1.165) is 18.8 Å². The number of halogens is 1. The van der Waals surface area contributed by atoms with E-state index >= 15 is 0 Å². The molecule has 0 aliphatic rings. The molecule has 0 spiro atoms. The molecule has 0 rings (SSSR count). The lowest BCUT2D eigenvalue weighted by Crippen LogP contribution is -2.39. The van der Waals surface area contributed by atoms with Gasteiger partial charge in [-0.15, -0.1) is 30.4 Å². The molecule has 4 N–H and O–H groups in total. The maximum absolute atomic E-state index is 11.2. The average Bonchev–Trinajstić information content (AvgIpc) is 2.33. The summed E-state index contributed by atoms with van der Waals surface area (Å²) in [5.74, 6) is 3.12. The van der Waals surface area contributed by atoms with E-state index in [1.807, 2.05) is 0 Å². The van der Waals surface area contributed by atoms with Crippen molar-refractivity contribution in [1.29, 1.82) is 0 Å². The standard InChI is InChI=1S/C14H26N4O.HI/c1-5-9-16-13(19)10-17-14(15)18-12(4)8-6-7-11(2)3;/h1,11-12H,6-10H2,2-4H3,(H,16,19)(H3,15,17,18);1H. The summed E-state index contributed by atoms with van der Waals surface area (Å²) in [6.45, 7) is 6.69. The topological polar surface area (TPSA) is 79.5 Å². The van der Waals surface area contributed by atoms with E-state index in [1.165, 1.54) is 6.42 Å². The van der Waals surface area contributed by atoms with Crippen LogP contribution in [0.5, 0.6) is 0 Å². The van der Waals surface area contributed by atoms with Gasteiger partial charge in [0.1, 0.15) is 6.54 Å². The maximum atomic E-state index is 11.2. The number of carbonyl (C=O) groups excluding carboxylic acids is 1. The zero-order valence-corrected chi connectivity index (χ0v) is 14.9. The summed E-state index contributed by atoms with van der Waals surface area (Å²) >= 11 is 0. The van der Waals surface area contributed by atoms with Crippen molar-refractivity contribution in [3.63, 3.8) is 0 Å². The highest BCUT2D eigenvalue weighted by molar-refractivity contribution is 14.0. The highest BCUT2D eigenvalue weighted by Gasteiger charge is 2.04. The number of amides is 1. The number of rotatable bonds is 8. The van der Waals surface area contributed by atoms with Crippen molar-refractivity contribution in [3.8, 4) is 12.3 Å². The van der Waals surface area contributed by atoms with E-state index < -0.39 is 0 Å². The zero-order chi connectivity index (χ0) is 14.7. The molecule has 0 saturated heterocycles. The fraction of sp³-hybridized carbons (Fsp3) is 0.714. The molecule has 5 nitrogen and oxygen atoms in total. The summed E-state index contributed by atoms with van der Waals surface area (Å²) in [4.78, 5) is 15.2. The van der Waals surface area contributed by atoms with E-state index in [0.29, 0.717) is 5.96 Å². The number of nitrogens with zero attached hydrogens (tertiary/aromatic N) is 1.